The summed E-state index contributed by atoms with van der Waals surface area (Å²) in [5.74, 6) is 0.105. The lowest BCUT2D eigenvalue weighted by molar-refractivity contribution is -0.113. The van der Waals surface area contributed by atoms with Gasteiger partial charge in [0.25, 0.3) is 0 Å². The first-order valence-corrected chi connectivity index (χ1v) is 8.58. The minimum absolute atomic E-state index is 0.0547. The molecule has 0 aliphatic carbocycles. The predicted molar refractivity (Wildman–Crippen MR) is 94.4 cm³/mol. The van der Waals surface area contributed by atoms with Crippen LogP contribution in [-0.4, -0.2) is 42.0 Å². The van der Waals surface area contributed by atoms with E-state index in [4.69, 9.17) is 23.2 Å². The third-order valence-corrected chi connectivity index (χ3v) is 4.35. The molecule has 0 saturated heterocycles. The lowest BCUT2D eigenvalue weighted by Crippen LogP contribution is -2.15. The number of halogens is 2. The molecule has 1 amide bonds. The van der Waals surface area contributed by atoms with Gasteiger partial charge in [0.05, 0.1) is 21.5 Å². The molecule has 3 rings (SSSR count). The third-order valence-electron chi connectivity index (χ3n) is 2.93. The molecule has 0 saturated carbocycles. The lowest BCUT2D eigenvalue weighted by atomic mass is 10.3. The SMILES string of the molecule is O=C(CSc1nnnn1-c1ccc(O)cc1)Nc1ncc(Cl)cc1Cl. The van der Waals surface area contributed by atoms with E-state index in [1.54, 1.807) is 12.1 Å². The molecule has 1 aromatic carbocycles. The van der Waals surface area contributed by atoms with E-state index in [2.05, 4.69) is 25.8 Å². The number of hydrogen-bond donors (Lipinski definition) is 2. The zero-order valence-electron chi connectivity index (χ0n) is 12.4. The van der Waals surface area contributed by atoms with Crippen LogP contribution in [0.3, 0.4) is 0 Å². The van der Waals surface area contributed by atoms with Gasteiger partial charge >= 0.3 is 0 Å². The third kappa shape index (κ3) is 4.38. The van der Waals surface area contributed by atoms with E-state index in [9.17, 15) is 9.90 Å². The van der Waals surface area contributed by atoms with Crippen LogP contribution < -0.4 is 5.32 Å². The topological polar surface area (TPSA) is 106 Å². The number of amides is 1. The Labute approximate surface area is 156 Å². The average molecular weight is 397 g/mol. The number of pyridine rings is 1. The van der Waals surface area contributed by atoms with Crippen molar-refractivity contribution < 1.29 is 9.90 Å². The number of benzene rings is 1. The van der Waals surface area contributed by atoms with Crippen LogP contribution in [0.2, 0.25) is 10.0 Å². The van der Waals surface area contributed by atoms with E-state index in [1.807, 2.05) is 0 Å². The summed E-state index contributed by atoms with van der Waals surface area (Å²) in [6.07, 6.45) is 1.39. The Kier molecular flexibility index (Phi) is 5.37. The second-order valence-corrected chi connectivity index (χ2v) is 6.50. The van der Waals surface area contributed by atoms with Crippen molar-refractivity contribution in [3.8, 4) is 11.4 Å². The summed E-state index contributed by atoms with van der Waals surface area (Å²) in [7, 11) is 0. The van der Waals surface area contributed by atoms with Crippen LogP contribution >= 0.6 is 35.0 Å². The van der Waals surface area contributed by atoms with Gasteiger partial charge in [0.2, 0.25) is 11.1 Å². The van der Waals surface area contributed by atoms with Crippen molar-refractivity contribution in [2.45, 2.75) is 5.16 Å². The highest BCUT2D eigenvalue weighted by Gasteiger charge is 2.13. The van der Waals surface area contributed by atoms with E-state index >= 15 is 0 Å². The Morgan fingerprint density at radius 1 is 1.28 bits per heavy atom. The van der Waals surface area contributed by atoms with Crippen LogP contribution in [-0.2, 0) is 4.79 Å². The van der Waals surface area contributed by atoms with Crippen molar-refractivity contribution >= 4 is 46.7 Å². The number of aromatic hydroxyl groups is 1. The number of tetrazole rings is 1. The van der Waals surface area contributed by atoms with Crippen molar-refractivity contribution in [3.63, 3.8) is 0 Å². The van der Waals surface area contributed by atoms with Gasteiger partial charge < -0.3 is 10.4 Å². The van der Waals surface area contributed by atoms with E-state index < -0.39 is 0 Å². The fourth-order valence-electron chi connectivity index (χ4n) is 1.83. The maximum absolute atomic E-state index is 12.1. The molecule has 11 heteroatoms. The first-order valence-electron chi connectivity index (χ1n) is 6.84. The smallest absolute Gasteiger partial charge is 0.236 e. The van der Waals surface area contributed by atoms with Crippen molar-refractivity contribution in [3.05, 3.63) is 46.6 Å². The summed E-state index contributed by atoms with van der Waals surface area (Å²) in [4.78, 5) is 16.0. The van der Waals surface area contributed by atoms with Gasteiger partial charge in [-0.2, -0.15) is 4.68 Å². The highest BCUT2D eigenvalue weighted by atomic mass is 35.5. The van der Waals surface area contributed by atoms with Gasteiger partial charge in [0.15, 0.2) is 5.82 Å². The lowest BCUT2D eigenvalue weighted by Gasteiger charge is -2.06. The Balaban J connectivity index is 1.65. The van der Waals surface area contributed by atoms with Crippen LogP contribution in [0.4, 0.5) is 5.82 Å². The number of anilines is 1. The number of nitrogens with one attached hydrogen (secondary N) is 1. The molecule has 8 nitrogen and oxygen atoms in total. The normalized spacial score (nSPS) is 10.6. The van der Waals surface area contributed by atoms with Crippen molar-refractivity contribution in [1.29, 1.82) is 0 Å². The van der Waals surface area contributed by atoms with Crippen molar-refractivity contribution in [2.24, 2.45) is 0 Å². The molecule has 128 valence electrons. The summed E-state index contributed by atoms with van der Waals surface area (Å²) >= 11 is 12.9. The maximum atomic E-state index is 12.1. The fourth-order valence-corrected chi connectivity index (χ4v) is 2.95. The van der Waals surface area contributed by atoms with Crippen LogP contribution in [0.15, 0.2) is 41.7 Å². The Morgan fingerprint density at radius 2 is 2.04 bits per heavy atom. The predicted octanol–water partition coefficient (Wildman–Crippen LogP) is 2.80. The van der Waals surface area contributed by atoms with E-state index in [0.717, 1.165) is 11.8 Å². The second-order valence-electron chi connectivity index (χ2n) is 4.71. The zero-order valence-corrected chi connectivity index (χ0v) is 14.8. The molecule has 2 heterocycles. The minimum Gasteiger partial charge on any atom is -0.508 e. The maximum Gasteiger partial charge on any atom is 0.236 e. The summed E-state index contributed by atoms with van der Waals surface area (Å²) in [5, 5.41) is 24.4. The second kappa shape index (κ2) is 7.68. The van der Waals surface area contributed by atoms with Crippen LogP contribution in [0.25, 0.3) is 5.69 Å². The molecule has 2 aromatic heterocycles. The summed E-state index contributed by atoms with van der Waals surface area (Å²) < 4.78 is 1.46. The Morgan fingerprint density at radius 3 is 2.76 bits per heavy atom. The summed E-state index contributed by atoms with van der Waals surface area (Å²) in [6, 6.07) is 7.85. The molecule has 25 heavy (non-hydrogen) atoms. The molecular weight excluding hydrogens is 387 g/mol. The summed E-state index contributed by atoms with van der Waals surface area (Å²) in [5.41, 5.74) is 0.660. The number of carbonyl (C=O) groups excluding carboxylic acids is 1. The molecule has 0 radical (unpaired) electrons. The van der Waals surface area contributed by atoms with Crippen LogP contribution in [0.1, 0.15) is 0 Å². The van der Waals surface area contributed by atoms with Gasteiger partial charge in [0, 0.05) is 6.20 Å². The molecule has 0 aliphatic rings. The number of carbonyl (C=O) groups is 1. The standard InChI is InChI=1S/C14H10Cl2N6O2S/c15-8-5-11(16)13(17-6-8)18-12(24)7-25-14-19-20-21-22(14)9-1-3-10(23)4-2-9/h1-6,23H,7H2,(H,17,18,24). The molecule has 2 N–H and O–H groups in total. The first-order chi connectivity index (χ1) is 12.0. The highest BCUT2D eigenvalue weighted by molar-refractivity contribution is 7.99. The number of rotatable bonds is 5. The molecule has 0 spiro atoms. The van der Waals surface area contributed by atoms with E-state index in [-0.39, 0.29) is 28.3 Å². The van der Waals surface area contributed by atoms with Gasteiger partial charge in [0.1, 0.15) is 5.75 Å². The van der Waals surface area contributed by atoms with Gasteiger partial charge in [-0.05, 0) is 40.8 Å². The van der Waals surface area contributed by atoms with Crippen molar-refractivity contribution in [1.82, 2.24) is 25.2 Å². The van der Waals surface area contributed by atoms with E-state index in [0.29, 0.717) is 15.9 Å². The van der Waals surface area contributed by atoms with E-state index in [1.165, 1.54) is 29.1 Å². The monoisotopic (exact) mass is 396 g/mol. The molecule has 0 bridgehead atoms. The number of thioether (sulfide) groups is 1. The number of nitrogens with zero attached hydrogens (tertiary/aromatic N) is 5. The van der Waals surface area contributed by atoms with Crippen molar-refractivity contribution in [2.75, 3.05) is 11.1 Å². The van der Waals surface area contributed by atoms with Gasteiger partial charge in [-0.25, -0.2) is 4.98 Å². The molecule has 3 aromatic rings. The molecule has 0 unspecified atom stereocenters. The molecule has 0 atom stereocenters. The van der Waals surface area contributed by atoms with Gasteiger partial charge in [-0.15, -0.1) is 5.10 Å². The first kappa shape index (κ1) is 17.5. The van der Waals surface area contributed by atoms with Gasteiger partial charge in [-0.1, -0.05) is 35.0 Å². The summed E-state index contributed by atoms with van der Waals surface area (Å²) in [6.45, 7) is 0. The molecule has 0 fully saturated rings. The Bertz CT molecular complexity index is 903. The van der Waals surface area contributed by atoms with Crippen LogP contribution in [0.5, 0.6) is 5.75 Å². The number of aromatic nitrogens is 5. The molecule has 0 aliphatic heterocycles. The Hall–Kier alpha value is -2.36. The fraction of sp³-hybridized carbons (Fsp3) is 0.0714. The quantitative estimate of drug-likeness (QED) is 0.638. The van der Waals surface area contributed by atoms with Crippen LogP contribution in [0, 0.1) is 0 Å². The molecular formula is C14H10Cl2N6O2S. The zero-order chi connectivity index (χ0) is 17.8. The minimum atomic E-state index is -0.318. The number of hydrogen-bond acceptors (Lipinski definition) is 7. The number of phenols is 1. The van der Waals surface area contributed by atoms with Gasteiger partial charge in [-0.3, -0.25) is 4.79 Å². The highest BCUT2D eigenvalue weighted by Crippen LogP contribution is 2.24. The average Bonchev–Trinajstić information content (AvgIpc) is 3.05. The largest absolute Gasteiger partial charge is 0.508 e. The number of phenolic OH excluding ortho intramolecular Hbond substituents is 1.